The number of rotatable bonds is 5. The van der Waals surface area contributed by atoms with E-state index < -0.39 is 21.7 Å². The number of nitrogens with one attached hydrogen (secondary N) is 2. The van der Waals surface area contributed by atoms with Crippen LogP contribution in [0.1, 0.15) is 33.6 Å². The van der Waals surface area contributed by atoms with E-state index in [2.05, 4.69) is 10.0 Å². The summed E-state index contributed by atoms with van der Waals surface area (Å²) >= 11 is 5.79. The van der Waals surface area contributed by atoms with Gasteiger partial charge in [-0.25, -0.2) is 17.9 Å². The van der Waals surface area contributed by atoms with Gasteiger partial charge in [0.25, 0.3) is 0 Å². The van der Waals surface area contributed by atoms with E-state index in [0.29, 0.717) is 31.0 Å². The van der Waals surface area contributed by atoms with Crippen LogP contribution in [0.15, 0.2) is 29.2 Å². The number of carbonyl (C=O) groups is 2. The normalized spacial score (nSPS) is 15.9. The minimum absolute atomic E-state index is 0.150. The van der Waals surface area contributed by atoms with E-state index in [-0.39, 0.29) is 23.4 Å². The first-order valence-electron chi connectivity index (χ1n) is 8.99. The van der Waals surface area contributed by atoms with Crippen LogP contribution in [-0.2, 0) is 19.6 Å². The first kappa shape index (κ1) is 22.4. The van der Waals surface area contributed by atoms with E-state index in [1.54, 1.807) is 25.7 Å². The highest BCUT2D eigenvalue weighted by atomic mass is 35.5. The lowest BCUT2D eigenvalue weighted by molar-refractivity contribution is -0.131. The van der Waals surface area contributed by atoms with Gasteiger partial charge < -0.3 is 15.0 Å². The summed E-state index contributed by atoms with van der Waals surface area (Å²) in [6.07, 6.45) is 0.335. The summed E-state index contributed by atoms with van der Waals surface area (Å²) in [6, 6.07) is 5.69. The molecule has 0 saturated carbocycles. The summed E-state index contributed by atoms with van der Waals surface area (Å²) in [7, 11) is -3.64. The van der Waals surface area contributed by atoms with Crippen molar-refractivity contribution in [1.82, 2.24) is 14.9 Å². The maximum atomic E-state index is 12.4. The van der Waals surface area contributed by atoms with Crippen LogP contribution in [0.5, 0.6) is 0 Å². The van der Waals surface area contributed by atoms with E-state index >= 15 is 0 Å². The number of piperidine rings is 1. The SMILES string of the molecule is CC(C)(C)OC(=O)NCC(=O)N1CCC(NS(=O)(=O)c2ccc(Cl)cc2)CC1. The summed E-state index contributed by atoms with van der Waals surface area (Å²) < 4.78 is 32.6. The molecule has 0 atom stereocenters. The molecular weight excluding hydrogens is 406 g/mol. The topological polar surface area (TPSA) is 105 Å². The van der Waals surface area contributed by atoms with Gasteiger partial charge in [0.15, 0.2) is 0 Å². The standard InChI is InChI=1S/C18H26ClN3O5S/c1-18(2,3)27-17(24)20-12-16(23)22-10-8-14(9-11-22)21-28(25,26)15-6-4-13(19)5-7-15/h4-7,14,21H,8-12H2,1-3H3,(H,20,24). The molecule has 2 rings (SSSR count). The molecule has 1 aromatic rings. The van der Waals surface area contributed by atoms with Crippen molar-refractivity contribution in [3.05, 3.63) is 29.3 Å². The molecule has 0 unspecified atom stereocenters. The molecule has 1 aromatic carbocycles. The number of likely N-dealkylation sites (tertiary alicyclic amines) is 1. The molecule has 28 heavy (non-hydrogen) atoms. The molecule has 0 aromatic heterocycles. The molecule has 0 radical (unpaired) electrons. The summed E-state index contributed by atoms with van der Waals surface area (Å²) in [5.74, 6) is -0.232. The number of sulfonamides is 1. The van der Waals surface area contributed by atoms with Crippen LogP contribution in [0.4, 0.5) is 4.79 Å². The van der Waals surface area contributed by atoms with Gasteiger partial charge in [-0.2, -0.15) is 0 Å². The van der Waals surface area contributed by atoms with Crippen LogP contribution in [0.2, 0.25) is 5.02 Å². The second-order valence-corrected chi connectivity index (χ2v) is 9.74. The Balaban J connectivity index is 1.80. The monoisotopic (exact) mass is 431 g/mol. The Labute approximate surface area is 170 Å². The summed E-state index contributed by atoms with van der Waals surface area (Å²) in [6.45, 7) is 5.88. The van der Waals surface area contributed by atoms with Gasteiger partial charge >= 0.3 is 6.09 Å². The van der Waals surface area contributed by atoms with Crippen molar-refractivity contribution in [2.45, 2.75) is 50.2 Å². The van der Waals surface area contributed by atoms with Gasteiger partial charge in [0.2, 0.25) is 15.9 Å². The van der Waals surface area contributed by atoms with E-state index in [0.717, 1.165) is 0 Å². The second kappa shape index (κ2) is 9.11. The first-order chi connectivity index (χ1) is 13.0. The van der Waals surface area contributed by atoms with Gasteiger partial charge in [0, 0.05) is 24.2 Å². The van der Waals surface area contributed by atoms with Crippen molar-refractivity contribution in [3.8, 4) is 0 Å². The quantitative estimate of drug-likeness (QED) is 0.743. The third-order valence-electron chi connectivity index (χ3n) is 4.08. The third kappa shape index (κ3) is 6.96. The fourth-order valence-electron chi connectivity index (χ4n) is 2.72. The van der Waals surface area contributed by atoms with Crippen molar-refractivity contribution in [3.63, 3.8) is 0 Å². The van der Waals surface area contributed by atoms with Gasteiger partial charge in [0.05, 0.1) is 4.90 Å². The Morgan fingerprint density at radius 2 is 1.75 bits per heavy atom. The number of carbonyl (C=O) groups excluding carboxylic acids is 2. The van der Waals surface area contributed by atoms with Crippen LogP contribution in [0.3, 0.4) is 0 Å². The Bertz CT molecular complexity index is 798. The molecule has 2 N–H and O–H groups in total. The molecule has 2 amide bonds. The zero-order valence-electron chi connectivity index (χ0n) is 16.2. The predicted molar refractivity (Wildman–Crippen MR) is 106 cm³/mol. The number of nitrogens with zero attached hydrogens (tertiary/aromatic N) is 1. The number of ether oxygens (including phenoxy) is 1. The first-order valence-corrected chi connectivity index (χ1v) is 10.8. The van der Waals surface area contributed by atoms with Gasteiger partial charge in [-0.1, -0.05) is 11.6 Å². The minimum atomic E-state index is -3.64. The van der Waals surface area contributed by atoms with Gasteiger partial charge in [-0.15, -0.1) is 0 Å². The van der Waals surface area contributed by atoms with E-state index in [1.807, 2.05) is 0 Å². The molecule has 0 spiro atoms. The van der Waals surface area contributed by atoms with Gasteiger partial charge in [-0.05, 0) is 57.9 Å². The van der Waals surface area contributed by atoms with Crippen LogP contribution in [-0.4, -0.2) is 56.6 Å². The van der Waals surface area contributed by atoms with Crippen molar-refractivity contribution in [2.24, 2.45) is 0 Å². The van der Waals surface area contributed by atoms with Crippen LogP contribution in [0.25, 0.3) is 0 Å². The van der Waals surface area contributed by atoms with Crippen molar-refractivity contribution in [2.75, 3.05) is 19.6 Å². The molecule has 1 fully saturated rings. The molecule has 0 aliphatic carbocycles. The Kier molecular flexibility index (Phi) is 7.30. The molecule has 8 nitrogen and oxygen atoms in total. The number of hydrogen-bond acceptors (Lipinski definition) is 5. The largest absolute Gasteiger partial charge is 0.444 e. The van der Waals surface area contributed by atoms with E-state index in [9.17, 15) is 18.0 Å². The molecule has 1 aliphatic rings. The third-order valence-corrected chi connectivity index (χ3v) is 5.86. The summed E-state index contributed by atoms with van der Waals surface area (Å²) in [5, 5.41) is 2.90. The number of amides is 2. The molecule has 0 bridgehead atoms. The maximum absolute atomic E-state index is 12.4. The highest BCUT2D eigenvalue weighted by Crippen LogP contribution is 2.17. The number of halogens is 1. The van der Waals surface area contributed by atoms with Crippen molar-refractivity contribution < 1.29 is 22.7 Å². The number of hydrogen-bond donors (Lipinski definition) is 2. The van der Waals surface area contributed by atoms with Crippen LogP contribution >= 0.6 is 11.6 Å². The molecule has 1 aliphatic heterocycles. The molecular formula is C18H26ClN3O5S. The van der Waals surface area contributed by atoms with Gasteiger partial charge in [-0.3, -0.25) is 4.79 Å². The average Bonchev–Trinajstić information content (AvgIpc) is 2.59. The maximum Gasteiger partial charge on any atom is 0.408 e. The predicted octanol–water partition coefficient (Wildman–Crippen LogP) is 2.13. The lowest BCUT2D eigenvalue weighted by Gasteiger charge is -2.32. The van der Waals surface area contributed by atoms with Crippen molar-refractivity contribution >= 4 is 33.6 Å². The molecule has 1 saturated heterocycles. The van der Waals surface area contributed by atoms with Crippen LogP contribution in [0, 0.1) is 0 Å². The molecule has 1 heterocycles. The zero-order chi connectivity index (χ0) is 20.9. The van der Waals surface area contributed by atoms with Gasteiger partial charge in [0.1, 0.15) is 12.1 Å². The lowest BCUT2D eigenvalue weighted by atomic mass is 10.1. The lowest BCUT2D eigenvalue weighted by Crippen LogP contribution is -2.49. The Morgan fingerprint density at radius 1 is 1.18 bits per heavy atom. The smallest absolute Gasteiger partial charge is 0.408 e. The van der Waals surface area contributed by atoms with Crippen LogP contribution < -0.4 is 10.0 Å². The summed E-state index contributed by atoms with van der Waals surface area (Å²) in [5.41, 5.74) is -0.632. The van der Waals surface area contributed by atoms with E-state index in [1.165, 1.54) is 24.3 Å². The van der Waals surface area contributed by atoms with E-state index in [4.69, 9.17) is 16.3 Å². The molecule has 10 heteroatoms. The fraction of sp³-hybridized carbons (Fsp3) is 0.556. The second-order valence-electron chi connectivity index (χ2n) is 7.59. The molecule has 156 valence electrons. The fourth-order valence-corrected chi connectivity index (χ4v) is 4.15. The average molecular weight is 432 g/mol. The summed E-state index contributed by atoms with van der Waals surface area (Å²) in [4.78, 5) is 25.6. The Hall–Kier alpha value is -1.84. The van der Waals surface area contributed by atoms with Crippen molar-refractivity contribution in [1.29, 1.82) is 0 Å². The zero-order valence-corrected chi connectivity index (χ0v) is 17.8. The number of benzene rings is 1. The highest BCUT2D eigenvalue weighted by Gasteiger charge is 2.27. The number of alkyl carbamates (subject to hydrolysis) is 1. The minimum Gasteiger partial charge on any atom is -0.444 e. The highest BCUT2D eigenvalue weighted by molar-refractivity contribution is 7.89. The Morgan fingerprint density at radius 3 is 2.29 bits per heavy atom.